The van der Waals surface area contributed by atoms with E-state index in [9.17, 15) is 0 Å². The van der Waals surface area contributed by atoms with Gasteiger partial charge in [0.05, 0.1) is 24.4 Å². The van der Waals surface area contributed by atoms with Gasteiger partial charge in [-0.15, -0.1) is 0 Å². The van der Waals surface area contributed by atoms with Crippen LogP contribution in [0.15, 0.2) is 36.7 Å². The summed E-state index contributed by atoms with van der Waals surface area (Å²) >= 11 is 0. The lowest BCUT2D eigenvalue weighted by Gasteiger charge is -2.08. The van der Waals surface area contributed by atoms with Gasteiger partial charge in [0, 0.05) is 6.20 Å². The summed E-state index contributed by atoms with van der Waals surface area (Å²) in [7, 11) is 1.62. The third-order valence-electron chi connectivity index (χ3n) is 2.54. The number of H-pyrrole nitrogens is 1. The molecule has 90 valence electrons. The first-order valence-electron chi connectivity index (χ1n) is 5.43. The van der Waals surface area contributed by atoms with Crippen molar-refractivity contribution in [3.05, 3.63) is 36.7 Å². The van der Waals surface area contributed by atoms with Crippen molar-refractivity contribution in [2.75, 3.05) is 12.4 Å². The van der Waals surface area contributed by atoms with Gasteiger partial charge in [0.1, 0.15) is 5.75 Å². The van der Waals surface area contributed by atoms with Gasteiger partial charge in [-0.25, -0.2) is 4.98 Å². The molecule has 1 aromatic carbocycles. The molecule has 0 aliphatic carbocycles. The van der Waals surface area contributed by atoms with Crippen LogP contribution in [0.4, 0.5) is 11.6 Å². The second-order valence-corrected chi connectivity index (χ2v) is 3.69. The molecule has 2 aromatic heterocycles. The quantitative estimate of drug-likeness (QED) is 0.734. The van der Waals surface area contributed by atoms with Crippen molar-refractivity contribution in [1.29, 1.82) is 0 Å². The van der Waals surface area contributed by atoms with Gasteiger partial charge in [-0.2, -0.15) is 10.1 Å². The van der Waals surface area contributed by atoms with Crippen molar-refractivity contribution in [2.24, 2.45) is 0 Å². The Morgan fingerprint density at radius 1 is 1.22 bits per heavy atom. The molecular formula is C12H11N5O. The van der Waals surface area contributed by atoms with Gasteiger partial charge in [0.2, 0.25) is 5.95 Å². The topological polar surface area (TPSA) is 75.7 Å². The van der Waals surface area contributed by atoms with Gasteiger partial charge in [0.15, 0.2) is 5.65 Å². The van der Waals surface area contributed by atoms with E-state index >= 15 is 0 Å². The number of nitrogens with zero attached hydrogens (tertiary/aromatic N) is 3. The Hall–Kier alpha value is -2.63. The summed E-state index contributed by atoms with van der Waals surface area (Å²) in [4.78, 5) is 8.52. The van der Waals surface area contributed by atoms with Crippen LogP contribution in [0.3, 0.4) is 0 Å². The van der Waals surface area contributed by atoms with Gasteiger partial charge >= 0.3 is 0 Å². The summed E-state index contributed by atoms with van der Waals surface area (Å²) < 4.78 is 5.25. The van der Waals surface area contributed by atoms with E-state index in [1.165, 1.54) is 0 Å². The van der Waals surface area contributed by atoms with Crippen molar-refractivity contribution in [3.63, 3.8) is 0 Å². The molecule has 18 heavy (non-hydrogen) atoms. The minimum Gasteiger partial charge on any atom is -0.495 e. The van der Waals surface area contributed by atoms with E-state index in [-0.39, 0.29) is 0 Å². The molecule has 3 rings (SSSR count). The van der Waals surface area contributed by atoms with E-state index < -0.39 is 0 Å². The molecule has 0 fully saturated rings. The highest BCUT2D eigenvalue weighted by molar-refractivity contribution is 5.74. The number of aromatic nitrogens is 4. The van der Waals surface area contributed by atoms with Crippen LogP contribution in [-0.2, 0) is 0 Å². The Kier molecular flexibility index (Phi) is 2.53. The number of nitrogens with one attached hydrogen (secondary N) is 2. The van der Waals surface area contributed by atoms with Crippen LogP contribution in [0.25, 0.3) is 11.0 Å². The molecule has 6 heteroatoms. The van der Waals surface area contributed by atoms with Gasteiger partial charge in [0.25, 0.3) is 0 Å². The largest absolute Gasteiger partial charge is 0.495 e. The summed E-state index contributed by atoms with van der Waals surface area (Å²) in [5.41, 5.74) is 1.52. The molecular weight excluding hydrogens is 230 g/mol. The van der Waals surface area contributed by atoms with Crippen LogP contribution in [-0.4, -0.2) is 27.3 Å². The number of ether oxygens (including phenoxy) is 1. The Labute approximate surface area is 103 Å². The summed E-state index contributed by atoms with van der Waals surface area (Å²) in [5.74, 6) is 1.24. The standard InChI is InChI=1S/C12H11N5O/c1-18-10-5-3-2-4-9(10)15-12-13-6-8-7-14-17-11(8)16-12/h2-7H,1H3,(H2,13,14,15,16,17). The Balaban J connectivity index is 1.95. The number of benzene rings is 1. The van der Waals surface area contributed by atoms with E-state index in [4.69, 9.17) is 4.74 Å². The van der Waals surface area contributed by atoms with Crippen LogP contribution < -0.4 is 10.1 Å². The van der Waals surface area contributed by atoms with Crippen LogP contribution in [0.5, 0.6) is 5.75 Å². The number of methoxy groups -OCH3 is 1. The van der Waals surface area contributed by atoms with Crippen LogP contribution >= 0.6 is 0 Å². The lowest BCUT2D eigenvalue weighted by Crippen LogP contribution is -1.98. The van der Waals surface area contributed by atoms with Crippen LogP contribution in [0.2, 0.25) is 0 Å². The van der Waals surface area contributed by atoms with E-state index in [0.29, 0.717) is 11.6 Å². The summed E-state index contributed by atoms with van der Waals surface area (Å²) in [6, 6.07) is 7.60. The molecule has 2 heterocycles. The normalized spacial score (nSPS) is 10.5. The Morgan fingerprint density at radius 3 is 3.00 bits per heavy atom. The zero-order valence-electron chi connectivity index (χ0n) is 9.71. The zero-order valence-corrected chi connectivity index (χ0v) is 9.71. The van der Waals surface area contributed by atoms with Gasteiger partial charge in [-0.05, 0) is 12.1 Å². The van der Waals surface area contributed by atoms with E-state index in [0.717, 1.165) is 16.8 Å². The van der Waals surface area contributed by atoms with Gasteiger partial charge in [-0.3, -0.25) is 5.10 Å². The fourth-order valence-electron chi connectivity index (χ4n) is 1.67. The number of hydrogen-bond donors (Lipinski definition) is 2. The highest BCUT2D eigenvalue weighted by Crippen LogP contribution is 2.25. The highest BCUT2D eigenvalue weighted by atomic mass is 16.5. The zero-order chi connectivity index (χ0) is 12.4. The molecule has 0 saturated carbocycles. The SMILES string of the molecule is COc1ccccc1Nc1ncc2cn[nH]c2n1. The molecule has 0 aliphatic rings. The molecule has 3 aromatic rings. The monoisotopic (exact) mass is 241 g/mol. The fraction of sp³-hybridized carbons (Fsp3) is 0.0833. The molecule has 0 spiro atoms. The molecule has 6 nitrogen and oxygen atoms in total. The first-order valence-corrected chi connectivity index (χ1v) is 5.43. The average molecular weight is 241 g/mol. The lowest BCUT2D eigenvalue weighted by molar-refractivity contribution is 0.417. The third-order valence-corrected chi connectivity index (χ3v) is 2.54. The molecule has 0 aliphatic heterocycles. The minimum absolute atomic E-state index is 0.497. The number of fused-ring (bicyclic) bond motifs is 1. The van der Waals surface area contributed by atoms with E-state index in [1.54, 1.807) is 19.5 Å². The van der Waals surface area contributed by atoms with Crippen LogP contribution in [0, 0.1) is 0 Å². The smallest absolute Gasteiger partial charge is 0.229 e. The summed E-state index contributed by atoms with van der Waals surface area (Å²) in [5, 5.41) is 10.7. The maximum atomic E-state index is 5.25. The maximum absolute atomic E-state index is 5.25. The molecule has 0 atom stereocenters. The molecule has 2 N–H and O–H groups in total. The number of anilines is 2. The second kappa shape index (κ2) is 4.33. The first kappa shape index (κ1) is 10.5. The molecule has 0 bridgehead atoms. The fourth-order valence-corrected chi connectivity index (χ4v) is 1.67. The molecule has 0 radical (unpaired) electrons. The maximum Gasteiger partial charge on any atom is 0.229 e. The summed E-state index contributed by atoms with van der Waals surface area (Å²) in [6.07, 6.45) is 3.39. The summed E-state index contributed by atoms with van der Waals surface area (Å²) in [6.45, 7) is 0. The average Bonchev–Trinajstić information content (AvgIpc) is 2.87. The van der Waals surface area contributed by atoms with Crippen molar-refractivity contribution in [3.8, 4) is 5.75 Å². The second-order valence-electron chi connectivity index (χ2n) is 3.69. The predicted octanol–water partition coefficient (Wildman–Crippen LogP) is 2.11. The van der Waals surface area contributed by atoms with Crippen molar-refractivity contribution >= 4 is 22.7 Å². The molecule has 0 unspecified atom stereocenters. The molecule has 0 amide bonds. The Bertz CT molecular complexity index is 679. The molecule has 0 saturated heterocycles. The van der Waals surface area contributed by atoms with Crippen LogP contribution in [0.1, 0.15) is 0 Å². The van der Waals surface area contributed by atoms with Crippen molar-refractivity contribution in [1.82, 2.24) is 20.2 Å². The Morgan fingerprint density at radius 2 is 2.11 bits per heavy atom. The predicted molar refractivity (Wildman–Crippen MR) is 68.0 cm³/mol. The number of para-hydroxylation sites is 2. The lowest BCUT2D eigenvalue weighted by atomic mass is 10.3. The van der Waals surface area contributed by atoms with Crippen molar-refractivity contribution in [2.45, 2.75) is 0 Å². The first-order chi connectivity index (χ1) is 8.86. The van der Waals surface area contributed by atoms with E-state index in [1.807, 2.05) is 24.3 Å². The number of rotatable bonds is 3. The highest BCUT2D eigenvalue weighted by Gasteiger charge is 2.05. The number of hydrogen-bond acceptors (Lipinski definition) is 5. The van der Waals surface area contributed by atoms with Gasteiger partial charge in [-0.1, -0.05) is 12.1 Å². The third kappa shape index (κ3) is 1.84. The van der Waals surface area contributed by atoms with Gasteiger partial charge < -0.3 is 10.1 Å². The number of aromatic amines is 1. The minimum atomic E-state index is 0.497. The van der Waals surface area contributed by atoms with E-state index in [2.05, 4.69) is 25.5 Å². The van der Waals surface area contributed by atoms with Crippen molar-refractivity contribution < 1.29 is 4.74 Å².